The summed E-state index contributed by atoms with van der Waals surface area (Å²) in [4.78, 5) is 26.2. The molecular formula is C16H28N2O3. The normalized spacial score (nSPS) is 31.0. The largest absolute Gasteiger partial charge is 0.481 e. The molecule has 2 heterocycles. The fraction of sp³-hybridized carbons (Fsp3) is 0.875. The molecule has 0 aromatic rings. The summed E-state index contributed by atoms with van der Waals surface area (Å²) < 4.78 is 0. The molecule has 0 aromatic heterocycles. The minimum absolute atomic E-state index is 0.114. The number of carbonyl (C=O) groups excluding carboxylic acids is 1. The van der Waals surface area contributed by atoms with Gasteiger partial charge in [-0.05, 0) is 51.6 Å². The molecule has 5 nitrogen and oxygen atoms in total. The van der Waals surface area contributed by atoms with E-state index in [2.05, 4.69) is 5.32 Å². The number of rotatable bonds is 3. The lowest BCUT2D eigenvalue weighted by Gasteiger charge is -2.44. The van der Waals surface area contributed by atoms with Gasteiger partial charge in [0.25, 0.3) is 0 Å². The molecule has 5 heteroatoms. The maximum Gasteiger partial charge on any atom is 0.311 e. The number of amides is 1. The highest BCUT2D eigenvalue weighted by Gasteiger charge is 2.45. The van der Waals surface area contributed by atoms with Crippen molar-refractivity contribution in [2.24, 2.45) is 16.7 Å². The summed E-state index contributed by atoms with van der Waals surface area (Å²) in [5.41, 5.74) is -1.22. The Kier molecular flexibility index (Phi) is 4.61. The zero-order valence-corrected chi connectivity index (χ0v) is 13.4. The minimum atomic E-state index is -0.797. The van der Waals surface area contributed by atoms with Crippen molar-refractivity contribution < 1.29 is 14.7 Å². The SMILES string of the molecule is CC1(C(=O)O)CCCN(C(=O)C(C)(C)C2CCCNC2)C1. The number of carboxylic acids is 1. The fourth-order valence-electron chi connectivity index (χ4n) is 3.64. The smallest absolute Gasteiger partial charge is 0.311 e. The molecule has 120 valence electrons. The van der Waals surface area contributed by atoms with Crippen LogP contribution in [-0.4, -0.2) is 48.1 Å². The summed E-state index contributed by atoms with van der Waals surface area (Å²) in [5.74, 6) is -0.350. The molecule has 2 atom stereocenters. The van der Waals surface area contributed by atoms with Crippen LogP contribution in [0.4, 0.5) is 0 Å². The predicted octanol–water partition coefficient (Wildman–Crippen LogP) is 1.73. The van der Waals surface area contributed by atoms with E-state index in [0.29, 0.717) is 25.4 Å². The highest BCUT2D eigenvalue weighted by atomic mass is 16.4. The van der Waals surface area contributed by atoms with Crippen molar-refractivity contribution in [3.8, 4) is 0 Å². The molecule has 0 radical (unpaired) electrons. The highest BCUT2D eigenvalue weighted by Crippen LogP contribution is 2.37. The van der Waals surface area contributed by atoms with Gasteiger partial charge in [0.05, 0.1) is 5.41 Å². The number of nitrogens with zero attached hydrogens (tertiary/aromatic N) is 1. The Morgan fingerprint density at radius 1 is 1.33 bits per heavy atom. The van der Waals surface area contributed by atoms with E-state index in [4.69, 9.17) is 0 Å². The van der Waals surface area contributed by atoms with Gasteiger partial charge in [-0.1, -0.05) is 13.8 Å². The number of hydrogen-bond donors (Lipinski definition) is 2. The van der Waals surface area contributed by atoms with E-state index in [-0.39, 0.29) is 5.91 Å². The first-order valence-electron chi connectivity index (χ1n) is 8.01. The second-order valence-corrected chi connectivity index (χ2v) is 7.46. The number of nitrogens with one attached hydrogen (secondary N) is 1. The Balaban J connectivity index is 2.09. The third kappa shape index (κ3) is 3.23. The summed E-state index contributed by atoms with van der Waals surface area (Å²) in [6, 6.07) is 0. The summed E-state index contributed by atoms with van der Waals surface area (Å²) in [5, 5.41) is 12.8. The van der Waals surface area contributed by atoms with Crippen LogP contribution in [0.2, 0.25) is 0 Å². The van der Waals surface area contributed by atoms with Gasteiger partial charge in [-0.25, -0.2) is 0 Å². The first-order chi connectivity index (χ1) is 9.77. The van der Waals surface area contributed by atoms with Crippen LogP contribution in [0.5, 0.6) is 0 Å². The summed E-state index contributed by atoms with van der Waals surface area (Å²) in [7, 11) is 0. The van der Waals surface area contributed by atoms with Crippen molar-refractivity contribution >= 4 is 11.9 Å². The standard InChI is InChI=1S/C16H28N2O3/c1-15(2,12-6-4-8-17-10-12)13(19)18-9-5-7-16(3,11-18)14(20)21/h12,17H,4-11H2,1-3H3,(H,20,21). The molecule has 2 aliphatic heterocycles. The summed E-state index contributed by atoms with van der Waals surface area (Å²) in [6.07, 6.45) is 3.59. The van der Waals surface area contributed by atoms with Crippen LogP contribution in [-0.2, 0) is 9.59 Å². The van der Waals surface area contributed by atoms with Crippen molar-refractivity contribution in [2.75, 3.05) is 26.2 Å². The third-order valence-electron chi connectivity index (χ3n) is 5.37. The Morgan fingerprint density at radius 3 is 2.62 bits per heavy atom. The van der Waals surface area contributed by atoms with Crippen molar-refractivity contribution in [3.63, 3.8) is 0 Å². The maximum atomic E-state index is 12.9. The van der Waals surface area contributed by atoms with Crippen LogP contribution in [0, 0.1) is 16.7 Å². The van der Waals surface area contributed by atoms with Gasteiger partial charge in [0.2, 0.25) is 5.91 Å². The molecule has 0 bridgehead atoms. The lowest BCUT2D eigenvalue weighted by molar-refractivity contribution is -0.157. The van der Waals surface area contributed by atoms with Crippen molar-refractivity contribution in [3.05, 3.63) is 0 Å². The van der Waals surface area contributed by atoms with Crippen LogP contribution in [0.1, 0.15) is 46.5 Å². The van der Waals surface area contributed by atoms with E-state index in [1.807, 2.05) is 13.8 Å². The first kappa shape index (κ1) is 16.3. The van der Waals surface area contributed by atoms with Crippen LogP contribution >= 0.6 is 0 Å². The summed E-state index contributed by atoms with van der Waals surface area (Å²) in [6.45, 7) is 8.71. The van der Waals surface area contributed by atoms with Crippen molar-refractivity contribution in [1.82, 2.24) is 10.2 Å². The second kappa shape index (κ2) is 5.95. The van der Waals surface area contributed by atoms with Gasteiger partial charge in [-0.15, -0.1) is 0 Å². The number of piperidine rings is 2. The topological polar surface area (TPSA) is 69.6 Å². The zero-order valence-electron chi connectivity index (χ0n) is 13.4. The Labute approximate surface area is 127 Å². The highest BCUT2D eigenvalue weighted by molar-refractivity contribution is 5.84. The average Bonchev–Trinajstić information content (AvgIpc) is 2.47. The van der Waals surface area contributed by atoms with Crippen molar-refractivity contribution in [1.29, 1.82) is 0 Å². The van der Waals surface area contributed by atoms with E-state index < -0.39 is 16.8 Å². The molecule has 0 aliphatic carbocycles. The predicted molar refractivity (Wildman–Crippen MR) is 80.9 cm³/mol. The van der Waals surface area contributed by atoms with Crippen LogP contribution in [0.25, 0.3) is 0 Å². The number of carboxylic acid groups (broad SMARTS) is 1. The lowest BCUT2D eigenvalue weighted by atomic mass is 9.73. The van der Waals surface area contributed by atoms with Gasteiger partial charge in [0.1, 0.15) is 0 Å². The number of aliphatic carboxylic acids is 1. The average molecular weight is 296 g/mol. The molecule has 1 amide bonds. The molecule has 2 N–H and O–H groups in total. The van der Waals surface area contributed by atoms with E-state index in [9.17, 15) is 14.7 Å². The van der Waals surface area contributed by atoms with E-state index in [1.54, 1.807) is 11.8 Å². The maximum absolute atomic E-state index is 12.9. The summed E-state index contributed by atoms with van der Waals surface area (Å²) >= 11 is 0. The molecule has 2 aliphatic rings. The Hall–Kier alpha value is -1.10. The van der Waals surface area contributed by atoms with E-state index in [1.165, 1.54) is 0 Å². The molecule has 2 unspecified atom stereocenters. The van der Waals surface area contributed by atoms with E-state index >= 15 is 0 Å². The molecule has 2 saturated heterocycles. The minimum Gasteiger partial charge on any atom is -0.481 e. The molecule has 21 heavy (non-hydrogen) atoms. The molecule has 0 saturated carbocycles. The zero-order chi connectivity index (χ0) is 15.7. The third-order valence-corrected chi connectivity index (χ3v) is 5.37. The monoisotopic (exact) mass is 296 g/mol. The molecule has 2 rings (SSSR count). The fourth-order valence-corrected chi connectivity index (χ4v) is 3.64. The van der Waals surface area contributed by atoms with Crippen molar-refractivity contribution in [2.45, 2.75) is 46.5 Å². The number of hydrogen-bond acceptors (Lipinski definition) is 3. The number of likely N-dealkylation sites (tertiary alicyclic amines) is 1. The Bertz CT molecular complexity index is 416. The molecule has 0 aromatic carbocycles. The van der Waals surface area contributed by atoms with Crippen LogP contribution in [0.15, 0.2) is 0 Å². The van der Waals surface area contributed by atoms with Crippen LogP contribution < -0.4 is 5.32 Å². The number of carbonyl (C=O) groups is 2. The van der Waals surface area contributed by atoms with Gasteiger partial charge >= 0.3 is 5.97 Å². The van der Waals surface area contributed by atoms with Gasteiger partial charge in [0.15, 0.2) is 0 Å². The quantitative estimate of drug-likeness (QED) is 0.832. The lowest BCUT2D eigenvalue weighted by Crippen LogP contribution is -2.54. The molecule has 2 fully saturated rings. The van der Waals surface area contributed by atoms with E-state index in [0.717, 1.165) is 32.4 Å². The van der Waals surface area contributed by atoms with Gasteiger partial charge < -0.3 is 15.3 Å². The second-order valence-electron chi connectivity index (χ2n) is 7.46. The van der Waals surface area contributed by atoms with Gasteiger partial charge in [-0.2, -0.15) is 0 Å². The molecular weight excluding hydrogens is 268 g/mol. The first-order valence-corrected chi connectivity index (χ1v) is 8.01. The van der Waals surface area contributed by atoms with Gasteiger partial charge in [-0.3, -0.25) is 9.59 Å². The molecule has 0 spiro atoms. The Morgan fingerprint density at radius 2 is 2.05 bits per heavy atom. The van der Waals surface area contributed by atoms with Crippen LogP contribution in [0.3, 0.4) is 0 Å². The van der Waals surface area contributed by atoms with Gasteiger partial charge in [0, 0.05) is 18.5 Å².